The van der Waals surface area contributed by atoms with E-state index in [0.717, 1.165) is 25.3 Å². The number of likely N-dealkylation sites (tertiary alicyclic amines) is 1. The van der Waals surface area contributed by atoms with Gasteiger partial charge in [0.1, 0.15) is 5.75 Å². The summed E-state index contributed by atoms with van der Waals surface area (Å²) in [5, 5.41) is 13.0. The monoisotopic (exact) mass is 483 g/mol. The number of aromatic nitrogens is 2. The van der Waals surface area contributed by atoms with Crippen molar-refractivity contribution in [3.8, 4) is 17.1 Å². The largest absolute Gasteiger partial charge is 0.493 e. The summed E-state index contributed by atoms with van der Waals surface area (Å²) in [6.07, 6.45) is 3.10. The third-order valence-corrected chi connectivity index (χ3v) is 6.03. The first kappa shape index (κ1) is 25.8. The summed E-state index contributed by atoms with van der Waals surface area (Å²) in [5.41, 5.74) is -0.717. The van der Waals surface area contributed by atoms with Gasteiger partial charge in [-0.05, 0) is 37.5 Å². The predicted molar refractivity (Wildman–Crippen MR) is 120 cm³/mol. The topological polar surface area (TPSA) is 88.7 Å². The molecule has 1 aromatic heterocycles. The molecule has 1 N–H and O–H groups in total. The van der Waals surface area contributed by atoms with Gasteiger partial charge in [-0.25, -0.2) is 4.79 Å². The third kappa shape index (κ3) is 7.11. The van der Waals surface area contributed by atoms with E-state index in [1.807, 2.05) is 0 Å². The van der Waals surface area contributed by atoms with Crippen molar-refractivity contribution in [1.29, 1.82) is 0 Å². The lowest BCUT2D eigenvalue weighted by Gasteiger charge is -2.28. The molecule has 1 unspecified atom stereocenters. The van der Waals surface area contributed by atoms with Crippen molar-refractivity contribution >= 4 is 6.09 Å². The smallest absolute Gasteiger partial charge is 0.419 e. The van der Waals surface area contributed by atoms with E-state index >= 15 is 0 Å². The zero-order valence-corrected chi connectivity index (χ0v) is 19.4. The number of carbonyl (C=O) groups is 1. The molecule has 1 amide bonds. The Morgan fingerprint density at radius 2 is 1.94 bits per heavy atom. The van der Waals surface area contributed by atoms with Crippen LogP contribution in [0, 0.1) is 0 Å². The molecule has 2 heterocycles. The number of amides is 1. The van der Waals surface area contributed by atoms with Gasteiger partial charge in [-0.15, -0.1) is 0 Å². The maximum Gasteiger partial charge on any atom is 0.419 e. The van der Waals surface area contributed by atoms with Gasteiger partial charge in [0.25, 0.3) is 0 Å². The number of rotatable bonds is 11. The van der Waals surface area contributed by atoms with Crippen LogP contribution in [0.5, 0.6) is 5.75 Å². The molecule has 34 heavy (non-hydrogen) atoms. The number of unbranched alkanes of at least 4 members (excludes halogenated alkanes) is 6. The van der Waals surface area contributed by atoms with Crippen LogP contribution in [0.1, 0.15) is 82.1 Å². The van der Waals surface area contributed by atoms with Gasteiger partial charge in [0.15, 0.2) is 0 Å². The number of nitrogens with zero attached hydrogens (tertiary/aromatic N) is 3. The number of halogens is 3. The molecule has 1 atom stereocenters. The Morgan fingerprint density at radius 1 is 1.21 bits per heavy atom. The van der Waals surface area contributed by atoms with E-state index in [1.165, 1.54) is 36.3 Å². The Bertz CT molecular complexity index is 932. The lowest BCUT2D eigenvalue weighted by atomic mass is 9.98. The standard InChI is InChI=1S/C24H32F3N3O4/c1-2-3-4-5-6-7-8-14-33-20-12-11-17(15-19(20)24(25,26)27)21-28-22(34-29-21)18-10-9-13-30(16-18)23(31)32/h11-12,15,18H,2-10,13-14,16H2,1H3,(H,31,32). The first-order valence-corrected chi connectivity index (χ1v) is 12.0. The van der Waals surface area contributed by atoms with Crippen molar-refractivity contribution in [1.82, 2.24) is 15.0 Å². The van der Waals surface area contributed by atoms with Gasteiger partial charge in [-0.2, -0.15) is 18.2 Å². The SMILES string of the molecule is CCCCCCCCCOc1ccc(-c2noc(C3CCCN(C(=O)O)C3)n2)cc1C(F)(F)F. The van der Waals surface area contributed by atoms with E-state index < -0.39 is 17.8 Å². The van der Waals surface area contributed by atoms with Crippen molar-refractivity contribution in [2.45, 2.75) is 76.8 Å². The zero-order valence-electron chi connectivity index (χ0n) is 19.4. The Hall–Kier alpha value is -2.78. The molecule has 188 valence electrons. The molecule has 1 saturated heterocycles. The Balaban J connectivity index is 1.64. The Kier molecular flexibility index (Phi) is 9.18. The van der Waals surface area contributed by atoms with E-state index in [-0.39, 0.29) is 42.1 Å². The summed E-state index contributed by atoms with van der Waals surface area (Å²) in [6.45, 7) is 3.03. The molecule has 0 saturated carbocycles. The van der Waals surface area contributed by atoms with Gasteiger partial charge in [-0.1, -0.05) is 50.6 Å². The van der Waals surface area contributed by atoms with Crippen LogP contribution in [0.3, 0.4) is 0 Å². The number of benzene rings is 1. The van der Waals surface area contributed by atoms with E-state index in [0.29, 0.717) is 25.8 Å². The average Bonchev–Trinajstić information content (AvgIpc) is 3.31. The Labute approximate surface area is 197 Å². The van der Waals surface area contributed by atoms with Crippen LogP contribution in [0.15, 0.2) is 22.7 Å². The Morgan fingerprint density at radius 3 is 2.65 bits per heavy atom. The summed E-state index contributed by atoms with van der Waals surface area (Å²) in [4.78, 5) is 16.8. The van der Waals surface area contributed by atoms with E-state index in [1.54, 1.807) is 0 Å². The quantitative estimate of drug-likeness (QED) is 0.356. The highest BCUT2D eigenvalue weighted by atomic mass is 19.4. The lowest BCUT2D eigenvalue weighted by molar-refractivity contribution is -0.138. The van der Waals surface area contributed by atoms with Crippen LogP contribution < -0.4 is 4.74 Å². The summed E-state index contributed by atoms with van der Waals surface area (Å²) >= 11 is 0. The summed E-state index contributed by atoms with van der Waals surface area (Å²) < 4.78 is 51.9. The third-order valence-electron chi connectivity index (χ3n) is 6.03. The predicted octanol–water partition coefficient (Wildman–Crippen LogP) is 6.74. The first-order valence-electron chi connectivity index (χ1n) is 12.0. The minimum Gasteiger partial charge on any atom is -0.493 e. The number of hydrogen-bond acceptors (Lipinski definition) is 5. The van der Waals surface area contributed by atoms with Crippen LogP contribution in [-0.2, 0) is 6.18 Å². The number of carboxylic acid groups (broad SMARTS) is 1. The number of piperidine rings is 1. The minimum atomic E-state index is -4.59. The molecule has 0 spiro atoms. The molecular weight excluding hydrogens is 451 g/mol. The van der Waals surface area contributed by atoms with Crippen molar-refractivity contribution in [2.24, 2.45) is 0 Å². The maximum atomic E-state index is 13.7. The second-order valence-corrected chi connectivity index (χ2v) is 8.70. The van der Waals surface area contributed by atoms with Crippen LogP contribution in [0.4, 0.5) is 18.0 Å². The molecule has 0 radical (unpaired) electrons. The highest BCUT2D eigenvalue weighted by Crippen LogP contribution is 2.39. The maximum absolute atomic E-state index is 13.7. The van der Waals surface area contributed by atoms with Crippen molar-refractivity contribution in [3.63, 3.8) is 0 Å². The van der Waals surface area contributed by atoms with Crippen molar-refractivity contribution in [3.05, 3.63) is 29.7 Å². The summed E-state index contributed by atoms with van der Waals surface area (Å²) in [6, 6.07) is 3.75. The fourth-order valence-corrected chi connectivity index (χ4v) is 4.13. The van der Waals surface area contributed by atoms with E-state index in [2.05, 4.69) is 17.1 Å². The van der Waals surface area contributed by atoms with Gasteiger partial charge in [0, 0.05) is 18.7 Å². The normalized spacial score (nSPS) is 16.6. The highest BCUT2D eigenvalue weighted by molar-refractivity contribution is 5.65. The summed E-state index contributed by atoms with van der Waals surface area (Å²) in [5.74, 6) is -0.228. The molecule has 2 aromatic rings. The van der Waals surface area contributed by atoms with Crippen molar-refractivity contribution < 1.29 is 32.3 Å². The van der Waals surface area contributed by atoms with E-state index in [9.17, 15) is 23.1 Å². The summed E-state index contributed by atoms with van der Waals surface area (Å²) in [7, 11) is 0. The van der Waals surface area contributed by atoms with Crippen LogP contribution >= 0.6 is 0 Å². The van der Waals surface area contributed by atoms with E-state index in [4.69, 9.17) is 9.26 Å². The number of ether oxygens (including phenoxy) is 1. The highest BCUT2D eigenvalue weighted by Gasteiger charge is 2.35. The molecule has 7 nitrogen and oxygen atoms in total. The minimum absolute atomic E-state index is 0.0339. The number of hydrogen-bond donors (Lipinski definition) is 1. The van der Waals surface area contributed by atoms with Gasteiger partial charge in [0.2, 0.25) is 11.7 Å². The van der Waals surface area contributed by atoms with Gasteiger partial charge < -0.3 is 19.3 Å². The molecule has 10 heteroatoms. The van der Waals surface area contributed by atoms with Crippen LogP contribution in [-0.4, -0.2) is 45.9 Å². The molecule has 0 aliphatic carbocycles. The van der Waals surface area contributed by atoms with Crippen LogP contribution in [0.25, 0.3) is 11.4 Å². The number of alkyl halides is 3. The molecule has 1 aromatic carbocycles. The average molecular weight is 484 g/mol. The fourth-order valence-electron chi connectivity index (χ4n) is 4.13. The second-order valence-electron chi connectivity index (χ2n) is 8.70. The van der Waals surface area contributed by atoms with Crippen molar-refractivity contribution in [2.75, 3.05) is 19.7 Å². The molecule has 1 aliphatic rings. The second kappa shape index (κ2) is 12.1. The first-order chi connectivity index (χ1) is 16.3. The molecule has 1 fully saturated rings. The molecule has 3 rings (SSSR count). The van der Waals surface area contributed by atoms with Gasteiger partial charge >= 0.3 is 12.3 Å². The fraction of sp³-hybridized carbons (Fsp3) is 0.625. The lowest BCUT2D eigenvalue weighted by Crippen LogP contribution is -2.38. The zero-order chi connectivity index (χ0) is 24.6. The van der Waals surface area contributed by atoms with Crippen LogP contribution in [0.2, 0.25) is 0 Å². The van der Waals surface area contributed by atoms with Gasteiger partial charge in [0.05, 0.1) is 18.1 Å². The van der Waals surface area contributed by atoms with Gasteiger partial charge in [-0.3, -0.25) is 0 Å². The molecule has 0 bridgehead atoms. The molecule has 1 aliphatic heterocycles. The molecular formula is C24H32F3N3O4.